The Labute approximate surface area is 109 Å². The summed E-state index contributed by atoms with van der Waals surface area (Å²) in [5.74, 6) is 1.10. The molecule has 1 heterocycles. The Morgan fingerprint density at radius 2 is 2.00 bits per heavy atom. The van der Waals surface area contributed by atoms with Gasteiger partial charge < -0.3 is 9.15 Å². The predicted octanol–water partition coefficient (Wildman–Crippen LogP) is 3.98. The van der Waals surface area contributed by atoms with Gasteiger partial charge in [-0.2, -0.15) is 0 Å². The van der Waals surface area contributed by atoms with Crippen LogP contribution in [-0.4, -0.2) is 13.2 Å². The lowest BCUT2D eigenvalue weighted by Gasteiger charge is -2.15. The Kier molecular flexibility index (Phi) is 4.07. The van der Waals surface area contributed by atoms with Crippen LogP contribution in [0.3, 0.4) is 0 Å². The SMILES string of the molecule is CO[C@H]1C=C(C)Cc2occ(C)c2CC=C(C)C1. The minimum Gasteiger partial charge on any atom is -0.468 e. The summed E-state index contributed by atoms with van der Waals surface area (Å²) in [5.41, 5.74) is 5.29. The molecule has 1 aliphatic rings. The number of methoxy groups -OCH3 is 1. The highest BCUT2D eigenvalue weighted by molar-refractivity contribution is 5.33. The fourth-order valence-electron chi connectivity index (χ4n) is 2.46. The molecule has 1 atom stereocenters. The van der Waals surface area contributed by atoms with Crippen LogP contribution in [0.1, 0.15) is 37.2 Å². The molecule has 2 nitrogen and oxygen atoms in total. The summed E-state index contributed by atoms with van der Waals surface area (Å²) >= 11 is 0. The van der Waals surface area contributed by atoms with E-state index < -0.39 is 0 Å². The molecule has 0 unspecified atom stereocenters. The highest BCUT2D eigenvalue weighted by atomic mass is 16.5. The fraction of sp³-hybridized carbons (Fsp3) is 0.500. The summed E-state index contributed by atoms with van der Waals surface area (Å²) in [5, 5.41) is 0. The van der Waals surface area contributed by atoms with E-state index in [1.807, 2.05) is 6.26 Å². The first-order valence-electron chi connectivity index (χ1n) is 6.51. The van der Waals surface area contributed by atoms with Crippen LogP contribution in [0.25, 0.3) is 0 Å². The maximum atomic E-state index is 5.68. The zero-order valence-corrected chi connectivity index (χ0v) is 11.7. The van der Waals surface area contributed by atoms with Gasteiger partial charge >= 0.3 is 0 Å². The molecule has 18 heavy (non-hydrogen) atoms. The summed E-state index contributed by atoms with van der Waals surface area (Å²) in [7, 11) is 1.77. The van der Waals surface area contributed by atoms with Gasteiger partial charge in [-0.05, 0) is 39.2 Å². The number of ether oxygens (including phenoxy) is 1. The predicted molar refractivity (Wildman–Crippen MR) is 73.8 cm³/mol. The van der Waals surface area contributed by atoms with Crippen LogP contribution >= 0.6 is 0 Å². The van der Waals surface area contributed by atoms with E-state index in [9.17, 15) is 0 Å². The molecule has 2 heteroatoms. The van der Waals surface area contributed by atoms with Gasteiger partial charge in [0.2, 0.25) is 0 Å². The molecule has 0 aromatic carbocycles. The molecule has 0 amide bonds. The summed E-state index contributed by atoms with van der Waals surface area (Å²) < 4.78 is 11.2. The van der Waals surface area contributed by atoms with E-state index >= 15 is 0 Å². The maximum Gasteiger partial charge on any atom is 0.111 e. The van der Waals surface area contributed by atoms with Gasteiger partial charge in [0.1, 0.15) is 5.76 Å². The molecule has 0 N–H and O–H groups in total. The van der Waals surface area contributed by atoms with Crippen LogP contribution in [0.4, 0.5) is 0 Å². The van der Waals surface area contributed by atoms with Gasteiger partial charge in [-0.3, -0.25) is 0 Å². The molecule has 1 aromatic rings. The summed E-state index contributed by atoms with van der Waals surface area (Å²) in [4.78, 5) is 0. The second-order valence-corrected chi connectivity index (χ2v) is 5.24. The van der Waals surface area contributed by atoms with Gasteiger partial charge in [-0.15, -0.1) is 0 Å². The number of rotatable bonds is 1. The van der Waals surface area contributed by atoms with Gasteiger partial charge in [-0.25, -0.2) is 0 Å². The molecule has 0 saturated carbocycles. The lowest BCUT2D eigenvalue weighted by Crippen LogP contribution is -2.10. The van der Waals surface area contributed by atoms with Crippen LogP contribution in [-0.2, 0) is 17.6 Å². The Balaban J connectivity index is 2.37. The van der Waals surface area contributed by atoms with Gasteiger partial charge in [0.15, 0.2) is 0 Å². The third-order valence-corrected chi connectivity index (χ3v) is 3.58. The first kappa shape index (κ1) is 13.2. The lowest BCUT2D eigenvalue weighted by atomic mass is 9.97. The van der Waals surface area contributed by atoms with Crippen molar-refractivity contribution in [3.05, 3.63) is 46.4 Å². The molecular formula is C16H22O2. The van der Waals surface area contributed by atoms with Crippen molar-refractivity contribution < 1.29 is 9.15 Å². The molecule has 98 valence electrons. The third-order valence-electron chi connectivity index (χ3n) is 3.58. The Bertz CT molecular complexity index is 477. The third kappa shape index (κ3) is 2.94. The average Bonchev–Trinajstić information content (AvgIpc) is 2.66. The minimum absolute atomic E-state index is 0.179. The van der Waals surface area contributed by atoms with E-state index in [0.717, 1.165) is 25.0 Å². The van der Waals surface area contributed by atoms with E-state index in [0.29, 0.717) is 0 Å². The van der Waals surface area contributed by atoms with Crippen molar-refractivity contribution in [3.8, 4) is 0 Å². The highest BCUT2D eigenvalue weighted by Gasteiger charge is 2.14. The van der Waals surface area contributed by atoms with Crippen LogP contribution in [0.5, 0.6) is 0 Å². The molecule has 0 saturated heterocycles. The molecular weight excluding hydrogens is 224 g/mol. The van der Waals surface area contributed by atoms with Crippen molar-refractivity contribution in [2.75, 3.05) is 7.11 Å². The van der Waals surface area contributed by atoms with Gasteiger partial charge in [0.25, 0.3) is 0 Å². The highest BCUT2D eigenvalue weighted by Crippen LogP contribution is 2.24. The quantitative estimate of drug-likeness (QED) is 0.699. The standard InChI is InChI=1S/C16H22O2/c1-11-5-6-15-13(3)10-18-16(15)9-12(2)8-14(7-11)17-4/h5,8,10,14H,6-7,9H2,1-4H3/t14-/m1/s1. The first-order chi connectivity index (χ1) is 8.60. The van der Waals surface area contributed by atoms with E-state index in [-0.39, 0.29) is 6.10 Å². The van der Waals surface area contributed by atoms with E-state index in [1.54, 1.807) is 7.11 Å². The van der Waals surface area contributed by atoms with E-state index in [2.05, 4.69) is 32.9 Å². The Morgan fingerprint density at radius 1 is 1.22 bits per heavy atom. The molecule has 0 aliphatic heterocycles. The van der Waals surface area contributed by atoms with Crippen molar-refractivity contribution in [1.82, 2.24) is 0 Å². The number of allylic oxidation sites excluding steroid dienone is 2. The molecule has 1 aliphatic carbocycles. The molecule has 0 spiro atoms. The monoisotopic (exact) mass is 246 g/mol. The van der Waals surface area contributed by atoms with E-state index in [4.69, 9.17) is 9.15 Å². The zero-order chi connectivity index (χ0) is 13.1. The van der Waals surface area contributed by atoms with Gasteiger partial charge in [0, 0.05) is 19.1 Å². The lowest BCUT2D eigenvalue weighted by molar-refractivity contribution is 0.140. The van der Waals surface area contributed by atoms with Crippen molar-refractivity contribution in [2.24, 2.45) is 0 Å². The number of hydrogen-bond acceptors (Lipinski definition) is 2. The topological polar surface area (TPSA) is 22.4 Å². The van der Waals surface area contributed by atoms with Crippen molar-refractivity contribution in [3.63, 3.8) is 0 Å². The molecule has 0 bridgehead atoms. The van der Waals surface area contributed by atoms with E-state index in [1.165, 1.54) is 22.3 Å². The van der Waals surface area contributed by atoms with Crippen molar-refractivity contribution in [1.29, 1.82) is 0 Å². The number of furan rings is 1. The van der Waals surface area contributed by atoms with Crippen molar-refractivity contribution in [2.45, 2.75) is 46.1 Å². The normalized spacial score (nSPS) is 21.0. The van der Waals surface area contributed by atoms with Gasteiger partial charge in [0.05, 0.1) is 12.4 Å². The second-order valence-electron chi connectivity index (χ2n) is 5.24. The Hall–Kier alpha value is -1.28. The first-order valence-corrected chi connectivity index (χ1v) is 6.51. The van der Waals surface area contributed by atoms with Crippen LogP contribution in [0.2, 0.25) is 0 Å². The maximum absolute atomic E-state index is 5.68. The Morgan fingerprint density at radius 3 is 2.72 bits per heavy atom. The molecule has 0 radical (unpaired) electrons. The number of hydrogen-bond donors (Lipinski definition) is 0. The summed E-state index contributed by atoms with van der Waals surface area (Å²) in [6, 6.07) is 0. The summed E-state index contributed by atoms with van der Waals surface area (Å²) in [6.07, 6.45) is 9.38. The largest absolute Gasteiger partial charge is 0.468 e. The second kappa shape index (κ2) is 5.57. The number of fused-ring (bicyclic) bond motifs is 1. The zero-order valence-electron chi connectivity index (χ0n) is 11.7. The smallest absolute Gasteiger partial charge is 0.111 e. The van der Waals surface area contributed by atoms with Crippen LogP contribution in [0, 0.1) is 6.92 Å². The molecule has 0 fully saturated rings. The van der Waals surface area contributed by atoms with Gasteiger partial charge in [-0.1, -0.05) is 23.3 Å². The van der Waals surface area contributed by atoms with Crippen LogP contribution in [0.15, 0.2) is 34.0 Å². The average molecular weight is 246 g/mol. The number of aryl methyl sites for hydroxylation is 1. The fourth-order valence-corrected chi connectivity index (χ4v) is 2.46. The summed E-state index contributed by atoms with van der Waals surface area (Å²) in [6.45, 7) is 6.44. The molecule has 1 aromatic heterocycles. The van der Waals surface area contributed by atoms with Crippen LogP contribution < -0.4 is 0 Å². The molecule has 2 rings (SSSR count). The van der Waals surface area contributed by atoms with Crippen molar-refractivity contribution >= 4 is 0 Å². The minimum atomic E-state index is 0.179.